The highest BCUT2D eigenvalue weighted by Gasteiger charge is 2.18. The number of nitrogens with one attached hydrogen (secondary N) is 1. The van der Waals surface area contributed by atoms with E-state index < -0.39 is 5.91 Å². The summed E-state index contributed by atoms with van der Waals surface area (Å²) in [6.45, 7) is 1.60. The second-order valence-electron chi connectivity index (χ2n) is 7.37. The van der Waals surface area contributed by atoms with E-state index in [9.17, 15) is 14.4 Å². The van der Waals surface area contributed by atoms with E-state index in [2.05, 4.69) is 5.32 Å². The van der Waals surface area contributed by atoms with Crippen LogP contribution in [-0.2, 0) is 16.1 Å². The third kappa shape index (κ3) is 4.42. The molecule has 0 saturated carbocycles. The van der Waals surface area contributed by atoms with Gasteiger partial charge in [-0.25, -0.2) is 4.39 Å². The fourth-order valence-electron chi connectivity index (χ4n) is 3.76. The second-order valence-corrected chi connectivity index (χ2v) is 7.37. The average Bonchev–Trinajstić information content (AvgIpc) is 3.39. The fourth-order valence-corrected chi connectivity index (χ4v) is 3.76. The molecule has 1 saturated heterocycles. The number of benzene rings is 2. The molecule has 1 aromatic heterocycles. The molecule has 4 rings (SSSR count). The van der Waals surface area contributed by atoms with Gasteiger partial charge in [0.2, 0.25) is 0 Å². The Morgan fingerprint density at radius 3 is 2.93 bits per heavy atom. The molecule has 5 nitrogen and oxygen atoms in total. The Morgan fingerprint density at radius 1 is 1.30 bits per heavy atom. The molecule has 0 unspecified atom stereocenters. The SMILES string of the molecule is N#C/C(=C\c1cn(Cc2cccc(F)c2)c2ccccc12)C(=O)NC[C@H]1CCCO1. The Balaban J connectivity index is 1.61. The number of hydrogen-bond donors (Lipinski definition) is 1. The van der Waals surface area contributed by atoms with Crippen molar-refractivity contribution in [2.24, 2.45) is 0 Å². The molecule has 2 heterocycles. The van der Waals surface area contributed by atoms with Crippen molar-refractivity contribution < 1.29 is 13.9 Å². The lowest BCUT2D eigenvalue weighted by Gasteiger charge is -2.10. The topological polar surface area (TPSA) is 67.0 Å². The minimum absolute atomic E-state index is 0.0158. The van der Waals surface area contributed by atoms with Gasteiger partial charge in [-0.3, -0.25) is 4.79 Å². The molecular weight excluding hydrogens is 381 g/mol. The molecule has 1 fully saturated rings. The summed E-state index contributed by atoms with van der Waals surface area (Å²) >= 11 is 0. The minimum Gasteiger partial charge on any atom is -0.376 e. The number of carbonyl (C=O) groups is 1. The zero-order chi connectivity index (χ0) is 20.9. The van der Waals surface area contributed by atoms with Gasteiger partial charge < -0.3 is 14.6 Å². The third-order valence-electron chi connectivity index (χ3n) is 5.24. The molecule has 0 bridgehead atoms. The van der Waals surface area contributed by atoms with Crippen molar-refractivity contribution in [1.29, 1.82) is 5.26 Å². The maximum absolute atomic E-state index is 13.6. The predicted octanol–water partition coefficient (Wildman–Crippen LogP) is 4.03. The van der Waals surface area contributed by atoms with Crippen molar-refractivity contribution in [3.05, 3.63) is 77.2 Å². The first-order valence-corrected chi connectivity index (χ1v) is 9.98. The maximum Gasteiger partial charge on any atom is 0.262 e. The van der Waals surface area contributed by atoms with Crippen molar-refractivity contribution in [1.82, 2.24) is 9.88 Å². The van der Waals surface area contributed by atoms with E-state index in [1.165, 1.54) is 12.1 Å². The first-order chi connectivity index (χ1) is 14.6. The van der Waals surface area contributed by atoms with Crippen LogP contribution >= 0.6 is 0 Å². The van der Waals surface area contributed by atoms with Crippen LogP contribution in [0.4, 0.5) is 4.39 Å². The molecule has 1 amide bonds. The zero-order valence-electron chi connectivity index (χ0n) is 16.5. The molecule has 2 aromatic carbocycles. The number of nitriles is 1. The Bertz CT molecular complexity index is 1140. The number of carbonyl (C=O) groups excluding carboxylic acids is 1. The van der Waals surface area contributed by atoms with Crippen LogP contribution in [0.1, 0.15) is 24.0 Å². The molecule has 1 atom stereocenters. The molecule has 0 spiro atoms. The third-order valence-corrected chi connectivity index (χ3v) is 5.24. The van der Waals surface area contributed by atoms with Gasteiger partial charge in [0, 0.05) is 42.4 Å². The highest BCUT2D eigenvalue weighted by atomic mass is 19.1. The van der Waals surface area contributed by atoms with Crippen LogP contribution in [-0.4, -0.2) is 29.7 Å². The highest BCUT2D eigenvalue weighted by molar-refractivity contribution is 6.04. The summed E-state index contributed by atoms with van der Waals surface area (Å²) < 4.78 is 21.1. The number of ether oxygens (including phenoxy) is 1. The van der Waals surface area contributed by atoms with Crippen LogP contribution in [0.5, 0.6) is 0 Å². The maximum atomic E-state index is 13.6. The normalized spacial score (nSPS) is 16.5. The van der Waals surface area contributed by atoms with Gasteiger partial charge >= 0.3 is 0 Å². The van der Waals surface area contributed by atoms with E-state index in [0.29, 0.717) is 19.7 Å². The summed E-state index contributed by atoms with van der Waals surface area (Å²) in [7, 11) is 0. The predicted molar refractivity (Wildman–Crippen MR) is 113 cm³/mol. The van der Waals surface area contributed by atoms with Crippen molar-refractivity contribution in [2.75, 3.05) is 13.2 Å². The zero-order valence-corrected chi connectivity index (χ0v) is 16.5. The number of rotatable bonds is 6. The van der Waals surface area contributed by atoms with E-state index in [-0.39, 0.29) is 17.5 Å². The quantitative estimate of drug-likeness (QED) is 0.499. The van der Waals surface area contributed by atoms with Crippen LogP contribution in [0.3, 0.4) is 0 Å². The number of aromatic nitrogens is 1. The largest absolute Gasteiger partial charge is 0.376 e. The smallest absolute Gasteiger partial charge is 0.262 e. The molecule has 0 radical (unpaired) electrons. The molecule has 6 heteroatoms. The Labute approximate surface area is 174 Å². The monoisotopic (exact) mass is 403 g/mol. The number of halogens is 1. The van der Waals surface area contributed by atoms with Crippen LogP contribution in [0, 0.1) is 17.1 Å². The summed E-state index contributed by atoms with van der Waals surface area (Å²) in [5, 5.41) is 13.3. The molecule has 0 aliphatic carbocycles. The molecular formula is C24H22FN3O2. The molecule has 152 valence electrons. The lowest BCUT2D eigenvalue weighted by atomic mass is 10.1. The van der Waals surface area contributed by atoms with Gasteiger partial charge in [0.15, 0.2) is 0 Å². The van der Waals surface area contributed by atoms with Gasteiger partial charge in [0.1, 0.15) is 17.5 Å². The van der Waals surface area contributed by atoms with Gasteiger partial charge in [0.05, 0.1) is 6.10 Å². The second kappa shape index (κ2) is 8.93. The van der Waals surface area contributed by atoms with Crippen LogP contribution in [0.2, 0.25) is 0 Å². The van der Waals surface area contributed by atoms with Crippen LogP contribution < -0.4 is 5.32 Å². The van der Waals surface area contributed by atoms with Crippen molar-refractivity contribution in [2.45, 2.75) is 25.5 Å². The lowest BCUT2D eigenvalue weighted by Crippen LogP contribution is -2.32. The molecule has 30 heavy (non-hydrogen) atoms. The first kappa shape index (κ1) is 19.9. The minimum atomic E-state index is -0.407. The average molecular weight is 403 g/mol. The number of nitrogens with zero attached hydrogens (tertiary/aromatic N) is 2. The van der Waals surface area contributed by atoms with Crippen LogP contribution in [0.15, 0.2) is 60.3 Å². The van der Waals surface area contributed by atoms with Gasteiger partial charge in [-0.1, -0.05) is 30.3 Å². The van der Waals surface area contributed by atoms with Crippen molar-refractivity contribution >= 4 is 22.9 Å². The summed E-state index contributed by atoms with van der Waals surface area (Å²) in [4.78, 5) is 12.5. The molecule has 3 aromatic rings. The summed E-state index contributed by atoms with van der Waals surface area (Å²) in [6, 6.07) is 16.2. The van der Waals surface area contributed by atoms with Gasteiger partial charge in [-0.2, -0.15) is 5.26 Å². The number of amides is 1. The van der Waals surface area contributed by atoms with E-state index in [0.717, 1.165) is 34.9 Å². The number of para-hydroxylation sites is 1. The molecule has 1 aliphatic heterocycles. The highest BCUT2D eigenvalue weighted by Crippen LogP contribution is 2.25. The van der Waals surface area contributed by atoms with Gasteiger partial charge in [-0.05, 0) is 42.7 Å². The van der Waals surface area contributed by atoms with E-state index in [4.69, 9.17) is 4.74 Å². The standard InChI is InChI=1S/C24H22FN3O2/c25-20-6-3-5-17(11-20)15-28-16-19(22-8-1-2-9-23(22)28)12-18(13-26)24(29)27-14-21-7-4-10-30-21/h1-3,5-6,8-9,11-12,16,21H,4,7,10,14-15H2,(H,27,29)/b18-12+/t21-/m1/s1. The van der Waals surface area contributed by atoms with Gasteiger partial charge in [0.25, 0.3) is 5.91 Å². The summed E-state index contributed by atoms with van der Waals surface area (Å²) in [5.74, 6) is -0.686. The molecule has 1 N–H and O–H groups in total. The Hall–Kier alpha value is -3.43. The summed E-state index contributed by atoms with van der Waals surface area (Å²) in [6.07, 6.45) is 5.42. The van der Waals surface area contributed by atoms with Gasteiger partial charge in [-0.15, -0.1) is 0 Å². The first-order valence-electron chi connectivity index (χ1n) is 9.98. The number of fused-ring (bicyclic) bond motifs is 1. The Kier molecular flexibility index (Phi) is 5.92. The Morgan fingerprint density at radius 2 is 2.17 bits per heavy atom. The van der Waals surface area contributed by atoms with Crippen molar-refractivity contribution in [3.63, 3.8) is 0 Å². The fraction of sp³-hybridized carbons (Fsp3) is 0.250. The lowest BCUT2D eigenvalue weighted by molar-refractivity contribution is -0.117. The van der Waals surface area contributed by atoms with Crippen LogP contribution in [0.25, 0.3) is 17.0 Å². The summed E-state index contributed by atoms with van der Waals surface area (Å²) in [5.41, 5.74) is 2.60. The van der Waals surface area contributed by atoms with E-state index in [1.54, 1.807) is 12.1 Å². The number of hydrogen-bond acceptors (Lipinski definition) is 3. The van der Waals surface area contributed by atoms with E-state index >= 15 is 0 Å². The molecule has 1 aliphatic rings. The van der Waals surface area contributed by atoms with E-state index in [1.807, 2.05) is 47.2 Å². The van der Waals surface area contributed by atoms with Crippen molar-refractivity contribution in [3.8, 4) is 6.07 Å².